The van der Waals surface area contributed by atoms with E-state index < -0.39 is 0 Å². The zero-order chi connectivity index (χ0) is 10.4. The molecule has 1 saturated heterocycles. The summed E-state index contributed by atoms with van der Waals surface area (Å²) < 4.78 is 0. The lowest BCUT2D eigenvalue weighted by Gasteiger charge is -2.35. The molecule has 1 aliphatic heterocycles. The minimum Gasteiger partial charge on any atom is -0.300 e. The second-order valence-corrected chi connectivity index (χ2v) is 4.90. The predicted octanol–water partition coefficient (Wildman–Crippen LogP) is 3.69. The van der Waals surface area contributed by atoms with Gasteiger partial charge in [-0.05, 0) is 44.7 Å². The second kappa shape index (κ2) is 6.44. The Balaban J connectivity index is 2.26. The fourth-order valence-electron chi connectivity index (χ4n) is 2.41. The summed E-state index contributed by atoms with van der Waals surface area (Å²) >= 11 is 0. The van der Waals surface area contributed by atoms with Gasteiger partial charge >= 0.3 is 0 Å². The van der Waals surface area contributed by atoms with Crippen LogP contribution in [0.5, 0.6) is 0 Å². The maximum atomic E-state index is 2.73. The van der Waals surface area contributed by atoms with Crippen LogP contribution in [0.25, 0.3) is 0 Å². The molecule has 14 heavy (non-hydrogen) atoms. The summed E-state index contributed by atoms with van der Waals surface area (Å²) in [5, 5.41) is 0. The highest BCUT2D eigenvalue weighted by Crippen LogP contribution is 2.20. The fraction of sp³-hybridized carbons (Fsp3) is 1.00. The summed E-state index contributed by atoms with van der Waals surface area (Å²) in [4.78, 5) is 2.73. The van der Waals surface area contributed by atoms with Crippen LogP contribution in [0.1, 0.15) is 59.3 Å². The van der Waals surface area contributed by atoms with Gasteiger partial charge in [0.25, 0.3) is 0 Å². The molecule has 0 aromatic heterocycles. The number of nitrogens with zero attached hydrogens (tertiary/aromatic N) is 1. The van der Waals surface area contributed by atoms with Crippen LogP contribution in [0.4, 0.5) is 0 Å². The van der Waals surface area contributed by atoms with Crippen molar-refractivity contribution in [2.24, 2.45) is 5.92 Å². The molecule has 1 aliphatic rings. The zero-order valence-electron chi connectivity index (χ0n) is 10.3. The molecule has 1 heteroatoms. The van der Waals surface area contributed by atoms with E-state index in [1.165, 1.54) is 51.6 Å². The van der Waals surface area contributed by atoms with E-state index in [2.05, 4.69) is 25.7 Å². The van der Waals surface area contributed by atoms with E-state index in [-0.39, 0.29) is 0 Å². The van der Waals surface area contributed by atoms with Crippen LogP contribution >= 0.6 is 0 Å². The highest BCUT2D eigenvalue weighted by Gasteiger charge is 2.20. The van der Waals surface area contributed by atoms with Crippen LogP contribution in [0.3, 0.4) is 0 Å². The molecule has 0 saturated carbocycles. The smallest absolute Gasteiger partial charge is 0.00926 e. The molecular formula is C13H27N. The van der Waals surface area contributed by atoms with Crippen molar-refractivity contribution >= 4 is 0 Å². The number of likely N-dealkylation sites (tertiary alicyclic amines) is 1. The molecule has 2 unspecified atom stereocenters. The molecule has 84 valence electrons. The fourth-order valence-corrected chi connectivity index (χ4v) is 2.41. The van der Waals surface area contributed by atoms with Gasteiger partial charge in [-0.25, -0.2) is 0 Å². The van der Waals surface area contributed by atoms with Gasteiger partial charge in [0.2, 0.25) is 0 Å². The van der Waals surface area contributed by atoms with Crippen molar-refractivity contribution in [2.45, 2.75) is 65.3 Å². The first-order valence-electron chi connectivity index (χ1n) is 6.52. The molecular weight excluding hydrogens is 170 g/mol. The van der Waals surface area contributed by atoms with Crippen molar-refractivity contribution in [2.75, 3.05) is 13.1 Å². The third kappa shape index (κ3) is 3.61. The number of hydrogen-bond donors (Lipinski definition) is 0. The first-order valence-corrected chi connectivity index (χ1v) is 6.52. The highest BCUT2D eigenvalue weighted by molar-refractivity contribution is 4.75. The normalized spacial score (nSPS) is 26.4. The van der Waals surface area contributed by atoms with E-state index in [4.69, 9.17) is 0 Å². The summed E-state index contributed by atoms with van der Waals surface area (Å²) in [5.41, 5.74) is 0. The van der Waals surface area contributed by atoms with Crippen LogP contribution in [0, 0.1) is 5.92 Å². The summed E-state index contributed by atoms with van der Waals surface area (Å²) in [6.07, 6.45) is 8.41. The third-order valence-electron chi connectivity index (χ3n) is 3.83. The molecule has 0 radical (unpaired) electrons. The Morgan fingerprint density at radius 2 is 2.07 bits per heavy atom. The molecule has 1 fully saturated rings. The van der Waals surface area contributed by atoms with Crippen LogP contribution in [-0.2, 0) is 0 Å². The van der Waals surface area contributed by atoms with Crippen molar-refractivity contribution in [3.05, 3.63) is 0 Å². The number of hydrogen-bond acceptors (Lipinski definition) is 1. The first kappa shape index (κ1) is 12.0. The largest absolute Gasteiger partial charge is 0.300 e. The SMILES string of the molecule is CCC(C)CCN1CCCCC1CC. The van der Waals surface area contributed by atoms with E-state index in [1.54, 1.807) is 0 Å². The molecule has 0 aromatic carbocycles. The monoisotopic (exact) mass is 197 g/mol. The molecule has 1 heterocycles. The number of rotatable bonds is 5. The van der Waals surface area contributed by atoms with Crippen molar-refractivity contribution in [3.63, 3.8) is 0 Å². The Hall–Kier alpha value is -0.0400. The molecule has 1 nitrogen and oxygen atoms in total. The van der Waals surface area contributed by atoms with Gasteiger partial charge in [0.05, 0.1) is 0 Å². The highest BCUT2D eigenvalue weighted by atomic mass is 15.2. The third-order valence-corrected chi connectivity index (χ3v) is 3.83. The molecule has 2 atom stereocenters. The Kier molecular flexibility index (Phi) is 5.54. The Labute approximate surface area is 89.9 Å². The predicted molar refractivity (Wildman–Crippen MR) is 63.6 cm³/mol. The van der Waals surface area contributed by atoms with Crippen LogP contribution in [-0.4, -0.2) is 24.0 Å². The lowest BCUT2D eigenvalue weighted by Crippen LogP contribution is -2.40. The Morgan fingerprint density at radius 3 is 2.71 bits per heavy atom. The van der Waals surface area contributed by atoms with E-state index in [0.717, 1.165) is 12.0 Å². The minimum absolute atomic E-state index is 0.896. The summed E-state index contributed by atoms with van der Waals surface area (Å²) in [5.74, 6) is 0.912. The van der Waals surface area contributed by atoms with Crippen LogP contribution < -0.4 is 0 Å². The van der Waals surface area contributed by atoms with Gasteiger partial charge in [0.1, 0.15) is 0 Å². The maximum absolute atomic E-state index is 2.73. The Bertz CT molecular complexity index is 144. The van der Waals surface area contributed by atoms with Crippen LogP contribution in [0.2, 0.25) is 0 Å². The van der Waals surface area contributed by atoms with E-state index in [1.807, 2.05) is 0 Å². The first-order chi connectivity index (χ1) is 6.77. The standard InChI is InChI=1S/C13H27N/c1-4-12(3)9-11-14-10-7-6-8-13(14)5-2/h12-13H,4-11H2,1-3H3. The van der Waals surface area contributed by atoms with Crippen molar-refractivity contribution < 1.29 is 0 Å². The van der Waals surface area contributed by atoms with Gasteiger partial charge in [-0.15, -0.1) is 0 Å². The molecule has 0 spiro atoms. The number of piperidine rings is 1. The average Bonchev–Trinajstić information content (AvgIpc) is 2.26. The molecule has 0 aromatic rings. The molecule has 1 rings (SSSR count). The van der Waals surface area contributed by atoms with E-state index in [9.17, 15) is 0 Å². The van der Waals surface area contributed by atoms with Crippen LogP contribution in [0.15, 0.2) is 0 Å². The molecule has 0 aliphatic carbocycles. The lowest BCUT2D eigenvalue weighted by atomic mass is 9.98. The van der Waals surface area contributed by atoms with E-state index in [0.29, 0.717) is 0 Å². The van der Waals surface area contributed by atoms with Gasteiger partial charge in [-0.3, -0.25) is 0 Å². The van der Waals surface area contributed by atoms with Crippen molar-refractivity contribution in [1.82, 2.24) is 4.90 Å². The van der Waals surface area contributed by atoms with Crippen molar-refractivity contribution in [3.8, 4) is 0 Å². The maximum Gasteiger partial charge on any atom is 0.00926 e. The quantitative estimate of drug-likeness (QED) is 0.650. The Morgan fingerprint density at radius 1 is 1.29 bits per heavy atom. The van der Waals surface area contributed by atoms with Gasteiger partial charge in [0, 0.05) is 6.04 Å². The van der Waals surface area contributed by atoms with E-state index >= 15 is 0 Å². The molecule has 0 N–H and O–H groups in total. The van der Waals surface area contributed by atoms with Gasteiger partial charge in [-0.1, -0.05) is 33.6 Å². The average molecular weight is 197 g/mol. The topological polar surface area (TPSA) is 3.24 Å². The summed E-state index contributed by atoms with van der Waals surface area (Å²) in [6.45, 7) is 9.72. The van der Waals surface area contributed by atoms with Crippen molar-refractivity contribution in [1.29, 1.82) is 0 Å². The lowest BCUT2D eigenvalue weighted by molar-refractivity contribution is 0.135. The second-order valence-electron chi connectivity index (χ2n) is 4.90. The van der Waals surface area contributed by atoms with Gasteiger partial charge in [-0.2, -0.15) is 0 Å². The van der Waals surface area contributed by atoms with Gasteiger partial charge in [0.15, 0.2) is 0 Å². The molecule has 0 bridgehead atoms. The minimum atomic E-state index is 0.896. The zero-order valence-corrected chi connectivity index (χ0v) is 10.3. The molecule has 0 amide bonds. The summed E-state index contributed by atoms with van der Waals surface area (Å²) in [6, 6.07) is 0.896. The van der Waals surface area contributed by atoms with Gasteiger partial charge < -0.3 is 4.90 Å². The summed E-state index contributed by atoms with van der Waals surface area (Å²) in [7, 11) is 0.